The van der Waals surface area contributed by atoms with E-state index in [1.54, 1.807) is 11.0 Å². The molecule has 1 spiro atoms. The Morgan fingerprint density at radius 1 is 1.38 bits per heavy atom. The summed E-state index contributed by atoms with van der Waals surface area (Å²) in [5, 5.41) is 9.41. The summed E-state index contributed by atoms with van der Waals surface area (Å²) in [6, 6.07) is 7.65. The minimum absolute atomic E-state index is 0.155. The van der Waals surface area contributed by atoms with Gasteiger partial charge in [-0.05, 0) is 19.1 Å². The fourth-order valence-electron chi connectivity index (χ4n) is 3.72. The van der Waals surface area contributed by atoms with E-state index in [0.29, 0.717) is 6.54 Å². The molecular formula is C16H15NO4. The largest absolute Gasteiger partial charge is 0.481 e. The number of amides is 1. The van der Waals surface area contributed by atoms with Gasteiger partial charge >= 0.3 is 5.97 Å². The number of anilines is 1. The average molecular weight is 285 g/mol. The predicted molar refractivity (Wildman–Crippen MR) is 74.9 cm³/mol. The van der Waals surface area contributed by atoms with Crippen LogP contribution in [0.1, 0.15) is 5.56 Å². The normalized spacial score (nSPS) is 36.3. The first-order chi connectivity index (χ1) is 10.0. The number of benzene rings is 1. The highest BCUT2D eigenvalue weighted by Gasteiger charge is 2.67. The first-order valence-electron chi connectivity index (χ1n) is 7.00. The maximum Gasteiger partial charge on any atom is 0.310 e. The Morgan fingerprint density at radius 3 is 2.76 bits per heavy atom. The molecule has 1 aromatic rings. The third kappa shape index (κ3) is 1.55. The highest BCUT2D eigenvalue weighted by atomic mass is 16.5. The quantitative estimate of drug-likeness (QED) is 0.833. The van der Waals surface area contributed by atoms with Crippen molar-refractivity contribution in [1.29, 1.82) is 0 Å². The van der Waals surface area contributed by atoms with Crippen LogP contribution in [-0.2, 0) is 14.3 Å². The number of carbonyl (C=O) groups is 2. The van der Waals surface area contributed by atoms with E-state index in [1.165, 1.54) is 0 Å². The van der Waals surface area contributed by atoms with Crippen LogP contribution in [0.2, 0.25) is 0 Å². The van der Waals surface area contributed by atoms with Crippen LogP contribution in [0.15, 0.2) is 36.4 Å². The van der Waals surface area contributed by atoms with E-state index >= 15 is 0 Å². The minimum Gasteiger partial charge on any atom is -0.481 e. The SMILES string of the molecule is Cc1ccc(N2CC34C=C[C@@H](O3)C(C(=O)O)[C@@H]4C2=O)cc1. The van der Waals surface area contributed by atoms with Crippen LogP contribution in [0.5, 0.6) is 0 Å². The first kappa shape index (κ1) is 12.6. The number of ether oxygens (including phenoxy) is 1. The van der Waals surface area contributed by atoms with Gasteiger partial charge in [0.15, 0.2) is 0 Å². The molecule has 4 rings (SSSR count). The van der Waals surface area contributed by atoms with Gasteiger partial charge in [0.25, 0.3) is 0 Å². The summed E-state index contributed by atoms with van der Waals surface area (Å²) in [5.41, 5.74) is 1.14. The topological polar surface area (TPSA) is 66.8 Å². The summed E-state index contributed by atoms with van der Waals surface area (Å²) in [5.74, 6) is -2.52. The van der Waals surface area contributed by atoms with E-state index in [9.17, 15) is 14.7 Å². The molecule has 5 nitrogen and oxygen atoms in total. The maximum absolute atomic E-state index is 12.7. The van der Waals surface area contributed by atoms with Gasteiger partial charge in [-0.3, -0.25) is 9.59 Å². The third-order valence-corrected chi connectivity index (χ3v) is 4.73. The number of aryl methyl sites for hydroxylation is 1. The molecular weight excluding hydrogens is 270 g/mol. The molecule has 0 aliphatic carbocycles. The van der Waals surface area contributed by atoms with E-state index in [-0.39, 0.29) is 5.91 Å². The van der Waals surface area contributed by atoms with Gasteiger partial charge in [-0.25, -0.2) is 0 Å². The van der Waals surface area contributed by atoms with E-state index in [0.717, 1.165) is 11.3 Å². The highest BCUT2D eigenvalue weighted by molar-refractivity contribution is 6.02. The molecule has 0 radical (unpaired) electrons. The molecule has 2 unspecified atom stereocenters. The van der Waals surface area contributed by atoms with Gasteiger partial charge < -0.3 is 14.7 Å². The van der Waals surface area contributed by atoms with Gasteiger partial charge in [0.1, 0.15) is 11.5 Å². The summed E-state index contributed by atoms with van der Waals surface area (Å²) in [6.45, 7) is 2.37. The lowest BCUT2D eigenvalue weighted by molar-refractivity contribution is -0.146. The number of carbonyl (C=O) groups excluding carboxylic acids is 1. The minimum atomic E-state index is -0.963. The Hall–Kier alpha value is -2.14. The molecule has 0 saturated carbocycles. The molecule has 4 atom stereocenters. The van der Waals surface area contributed by atoms with E-state index in [2.05, 4.69) is 0 Å². The zero-order valence-corrected chi connectivity index (χ0v) is 11.5. The van der Waals surface area contributed by atoms with Crippen LogP contribution >= 0.6 is 0 Å². The Kier molecular flexibility index (Phi) is 2.37. The molecule has 0 aromatic heterocycles. The maximum atomic E-state index is 12.7. The third-order valence-electron chi connectivity index (χ3n) is 4.73. The van der Waals surface area contributed by atoms with E-state index in [4.69, 9.17) is 4.74 Å². The Bertz CT molecular complexity index is 665. The van der Waals surface area contributed by atoms with Crippen molar-refractivity contribution in [2.24, 2.45) is 11.8 Å². The number of rotatable bonds is 2. The van der Waals surface area contributed by atoms with Crippen molar-refractivity contribution in [2.45, 2.75) is 18.6 Å². The number of carboxylic acids is 1. The number of fused-ring (bicyclic) bond motifs is 1. The molecule has 21 heavy (non-hydrogen) atoms. The smallest absolute Gasteiger partial charge is 0.310 e. The van der Waals surface area contributed by atoms with Gasteiger partial charge in [0.05, 0.1) is 18.6 Å². The second-order valence-corrected chi connectivity index (χ2v) is 6.00. The lowest BCUT2D eigenvalue weighted by Crippen LogP contribution is -2.39. The zero-order chi connectivity index (χ0) is 14.8. The number of carboxylic acid groups (broad SMARTS) is 1. The van der Waals surface area contributed by atoms with E-state index < -0.39 is 29.5 Å². The van der Waals surface area contributed by atoms with Gasteiger partial charge in [0, 0.05) is 5.69 Å². The monoisotopic (exact) mass is 285 g/mol. The second-order valence-electron chi connectivity index (χ2n) is 6.00. The van der Waals surface area contributed by atoms with Gasteiger partial charge in [-0.1, -0.05) is 29.8 Å². The molecule has 1 N–H and O–H groups in total. The molecule has 1 aromatic carbocycles. The zero-order valence-electron chi connectivity index (χ0n) is 11.5. The molecule has 1 amide bonds. The first-order valence-corrected chi connectivity index (χ1v) is 7.00. The van der Waals surface area contributed by atoms with Gasteiger partial charge in [-0.2, -0.15) is 0 Å². The Labute approximate surface area is 121 Å². The van der Waals surface area contributed by atoms with Crippen LogP contribution in [0.4, 0.5) is 5.69 Å². The lowest BCUT2D eigenvalue weighted by Gasteiger charge is -2.21. The molecule has 2 saturated heterocycles. The molecule has 3 aliphatic rings. The van der Waals surface area contributed by atoms with Crippen molar-refractivity contribution in [3.8, 4) is 0 Å². The number of aliphatic carboxylic acids is 1. The van der Waals surface area contributed by atoms with Crippen LogP contribution in [0, 0.1) is 18.8 Å². The van der Waals surface area contributed by atoms with Crippen molar-refractivity contribution in [2.75, 3.05) is 11.4 Å². The molecule has 108 valence electrons. The molecule has 3 heterocycles. The second kappa shape index (κ2) is 3.95. The molecule has 5 heteroatoms. The van der Waals surface area contributed by atoms with Crippen molar-refractivity contribution >= 4 is 17.6 Å². The number of hydrogen-bond acceptors (Lipinski definition) is 3. The summed E-state index contributed by atoms with van der Waals surface area (Å²) >= 11 is 0. The van der Waals surface area contributed by atoms with Crippen molar-refractivity contribution in [3.63, 3.8) is 0 Å². The summed E-state index contributed by atoms with van der Waals surface area (Å²) in [4.78, 5) is 25.8. The van der Waals surface area contributed by atoms with Crippen LogP contribution in [-0.4, -0.2) is 35.2 Å². The van der Waals surface area contributed by atoms with E-state index in [1.807, 2.05) is 37.3 Å². The number of nitrogens with zero attached hydrogens (tertiary/aromatic N) is 1. The van der Waals surface area contributed by atoms with Crippen molar-refractivity contribution < 1.29 is 19.4 Å². The van der Waals surface area contributed by atoms with Crippen molar-refractivity contribution in [1.82, 2.24) is 0 Å². The molecule has 3 aliphatic heterocycles. The Balaban J connectivity index is 1.73. The van der Waals surface area contributed by atoms with Crippen LogP contribution in [0.3, 0.4) is 0 Å². The lowest BCUT2D eigenvalue weighted by atomic mass is 9.77. The van der Waals surface area contributed by atoms with Gasteiger partial charge in [-0.15, -0.1) is 0 Å². The summed E-state index contributed by atoms with van der Waals surface area (Å²) < 4.78 is 5.85. The fourth-order valence-corrected chi connectivity index (χ4v) is 3.72. The predicted octanol–water partition coefficient (Wildman–Crippen LogP) is 1.37. The fraction of sp³-hybridized carbons (Fsp3) is 0.375. The van der Waals surface area contributed by atoms with Crippen molar-refractivity contribution in [3.05, 3.63) is 42.0 Å². The standard InChI is InChI=1S/C16H15NO4/c1-9-2-4-10(5-3-9)17-8-16-7-6-11(21-16)12(15(19)20)13(16)14(17)18/h2-7,11-13H,8H2,1H3,(H,19,20)/t11-,12?,13-,16?/m1/s1. The Morgan fingerprint density at radius 2 is 2.10 bits per heavy atom. The summed E-state index contributed by atoms with van der Waals surface area (Å²) in [6.07, 6.45) is 3.17. The average Bonchev–Trinajstić information content (AvgIpc) is 3.08. The number of hydrogen-bond donors (Lipinski definition) is 1. The van der Waals surface area contributed by atoms with Gasteiger partial charge in [0.2, 0.25) is 5.91 Å². The van der Waals surface area contributed by atoms with Crippen LogP contribution in [0.25, 0.3) is 0 Å². The molecule has 2 fully saturated rings. The summed E-state index contributed by atoms with van der Waals surface area (Å²) in [7, 11) is 0. The molecule has 2 bridgehead atoms. The highest BCUT2D eigenvalue weighted by Crippen LogP contribution is 2.52. The van der Waals surface area contributed by atoms with Crippen LogP contribution < -0.4 is 4.90 Å².